The highest BCUT2D eigenvalue weighted by Gasteiger charge is 2.12. The highest BCUT2D eigenvalue weighted by molar-refractivity contribution is 5.87. The van der Waals surface area contributed by atoms with Crippen LogP contribution in [-0.4, -0.2) is 23.2 Å². The molecule has 3 nitrogen and oxygen atoms in total. The Hall–Kier alpha value is -1.35. The predicted octanol–water partition coefficient (Wildman–Crippen LogP) is 2.34. The molecule has 0 heterocycles. The molecule has 0 atom stereocenters. The molecule has 0 aromatic carbocycles. The number of rotatable bonds is 7. The van der Waals surface area contributed by atoms with Crippen molar-refractivity contribution in [3.63, 3.8) is 0 Å². The number of nitrogens with one attached hydrogen (secondary N) is 1. The second kappa shape index (κ2) is 8.76. The van der Waals surface area contributed by atoms with Crippen molar-refractivity contribution in [2.24, 2.45) is 0 Å². The highest BCUT2D eigenvalue weighted by atomic mass is 16.3. The SMILES string of the molecule is C/C=C\CCC=C/C=C/C(=O)NCC(C)(C)O. The van der Waals surface area contributed by atoms with Crippen LogP contribution in [0, 0.1) is 0 Å². The summed E-state index contributed by atoms with van der Waals surface area (Å²) in [7, 11) is 0. The van der Waals surface area contributed by atoms with Crippen molar-refractivity contribution in [1.82, 2.24) is 5.32 Å². The Labute approximate surface area is 104 Å². The zero-order chi connectivity index (χ0) is 13.1. The van der Waals surface area contributed by atoms with E-state index in [9.17, 15) is 9.90 Å². The standard InChI is InChI=1S/C14H23NO2/c1-4-5-6-7-8-9-10-11-13(16)15-12-14(2,3)17/h4-5,8-11,17H,6-7,12H2,1-3H3,(H,15,16)/b5-4-,9-8?,11-10+. The Bertz CT molecular complexity index is 296. The summed E-state index contributed by atoms with van der Waals surface area (Å²) < 4.78 is 0. The molecule has 0 aromatic rings. The van der Waals surface area contributed by atoms with Crippen molar-refractivity contribution >= 4 is 5.91 Å². The molecule has 0 fully saturated rings. The minimum atomic E-state index is -0.869. The molecule has 1 amide bonds. The number of carbonyl (C=O) groups excluding carboxylic acids is 1. The Morgan fingerprint density at radius 3 is 2.47 bits per heavy atom. The molecule has 0 spiro atoms. The van der Waals surface area contributed by atoms with E-state index in [0.29, 0.717) is 0 Å². The molecule has 96 valence electrons. The minimum absolute atomic E-state index is 0.190. The molecule has 0 bridgehead atoms. The molecule has 0 aliphatic heterocycles. The first kappa shape index (κ1) is 15.7. The Morgan fingerprint density at radius 1 is 1.24 bits per heavy atom. The average molecular weight is 237 g/mol. The van der Waals surface area contributed by atoms with E-state index in [1.807, 2.05) is 25.2 Å². The summed E-state index contributed by atoms with van der Waals surface area (Å²) in [6.45, 7) is 5.55. The van der Waals surface area contributed by atoms with E-state index in [1.54, 1.807) is 19.9 Å². The van der Waals surface area contributed by atoms with Gasteiger partial charge in [0.25, 0.3) is 0 Å². The lowest BCUT2D eigenvalue weighted by atomic mass is 10.1. The van der Waals surface area contributed by atoms with Crippen LogP contribution in [0.15, 0.2) is 36.5 Å². The predicted molar refractivity (Wildman–Crippen MR) is 71.6 cm³/mol. The van der Waals surface area contributed by atoms with Crippen LogP contribution in [0.5, 0.6) is 0 Å². The first-order chi connectivity index (χ1) is 7.95. The number of hydrogen-bond donors (Lipinski definition) is 2. The van der Waals surface area contributed by atoms with Crippen molar-refractivity contribution < 1.29 is 9.90 Å². The Morgan fingerprint density at radius 2 is 1.88 bits per heavy atom. The smallest absolute Gasteiger partial charge is 0.244 e. The van der Waals surface area contributed by atoms with Crippen LogP contribution in [0.1, 0.15) is 33.6 Å². The van der Waals surface area contributed by atoms with Gasteiger partial charge in [-0.15, -0.1) is 0 Å². The van der Waals surface area contributed by atoms with Gasteiger partial charge in [-0.25, -0.2) is 0 Å². The maximum absolute atomic E-state index is 11.3. The van der Waals surface area contributed by atoms with Gasteiger partial charge in [-0.1, -0.05) is 30.4 Å². The molecular formula is C14H23NO2. The molecule has 0 saturated carbocycles. The van der Waals surface area contributed by atoms with Crippen molar-refractivity contribution in [2.45, 2.75) is 39.2 Å². The van der Waals surface area contributed by atoms with Gasteiger partial charge in [-0.05, 0) is 33.6 Å². The van der Waals surface area contributed by atoms with Crippen molar-refractivity contribution in [3.05, 3.63) is 36.5 Å². The topological polar surface area (TPSA) is 49.3 Å². The highest BCUT2D eigenvalue weighted by Crippen LogP contribution is 1.97. The van der Waals surface area contributed by atoms with Gasteiger partial charge in [-0.2, -0.15) is 0 Å². The number of hydrogen-bond acceptors (Lipinski definition) is 2. The van der Waals surface area contributed by atoms with Crippen LogP contribution >= 0.6 is 0 Å². The van der Waals surface area contributed by atoms with Gasteiger partial charge in [0.1, 0.15) is 0 Å². The number of aliphatic hydroxyl groups is 1. The summed E-state index contributed by atoms with van der Waals surface area (Å²) >= 11 is 0. The van der Waals surface area contributed by atoms with Crippen LogP contribution in [-0.2, 0) is 4.79 Å². The van der Waals surface area contributed by atoms with Crippen LogP contribution in [0.25, 0.3) is 0 Å². The summed E-state index contributed by atoms with van der Waals surface area (Å²) in [4.78, 5) is 11.3. The van der Waals surface area contributed by atoms with Gasteiger partial charge in [0.2, 0.25) is 5.91 Å². The molecular weight excluding hydrogens is 214 g/mol. The largest absolute Gasteiger partial charge is 0.389 e. The molecule has 0 radical (unpaired) electrons. The minimum Gasteiger partial charge on any atom is -0.389 e. The van der Waals surface area contributed by atoms with Crippen LogP contribution < -0.4 is 5.32 Å². The fourth-order valence-corrected chi connectivity index (χ4v) is 1.04. The Kier molecular flexibility index (Phi) is 8.07. The van der Waals surface area contributed by atoms with Crippen molar-refractivity contribution in [3.8, 4) is 0 Å². The molecule has 2 N–H and O–H groups in total. The van der Waals surface area contributed by atoms with Crippen molar-refractivity contribution in [1.29, 1.82) is 0 Å². The van der Waals surface area contributed by atoms with Gasteiger partial charge >= 0.3 is 0 Å². The van der Waals surface area contributed by atoms with E-state index in [0.717, 1.165) is 12.8 Å². The number of carbonyl (C=O) groups is 1. The summed E-state index contributed by atoms with van der Waals surface area (Å²) in [6, 6.07) is 0. The van der Waals surface area contributed by atoms with E-state index in [2.05, 4.69) is 11.4 Å². The quantitative estimate of drug-likeness (QED) is 0.309. The molecule has 0 rings (SSSR count). The third kappa shape index (κ3) is 12.6. The molecule has 0 saturated heterocycles. The second-order valence-electron chi connectivity index (χ2n) is 4.46. The fraction of sp³-hybridized carbons (Fsp3) is 0.500. The van der Waals surface area contributed by atoms with Crippen LogP contribution in [0.2, 0.25) is 0 Å². The Balaban J connectivity index is 3.73. The average Bonchev–Trinajstić information content (AvgIpc) is 2.24. The van der Waals surface area contributed by atoms with E-state index in [1.165, 1.54) is 6.08 Å². The first-order valence-electron chi connectivity index (χ1n) is 5.90. The summed E-state index contributed by atoms with van der Waals surface area (Å²) in [5, 5.41) is 12.0. The summed E-state index contributed by atoms with van der Waals surface area (Å²) in [6.07, 6.45) is 13.1. The summed E-state index contributed by atoms with van der Waals surface area (Å²) in [5.41, 5.74) is -0.869. The van der Waals surface area contributed by atoms with Gasteiger partial charge in [-0.3, -0.25) is 4.79 Å². The zero-order valence-corrected chi connectivity index (χ0v) is 10.9. The molecule has 3 heteroatoms. The normalized spacial score (nSPS) is 12.9. The van der Waals surface area contributed by atoms with E-state index >= 15 is 0 Å². The van der Waals surface area contributed by atoms with Crippen LogP contribution in [0.4, 0.5) is 0 Å². The lowest BCUT2D eigenvalue weighted by molar-refractivity contribution is -0.117. The number of allylic oxidation sites excluding steroid dienone is 5. The fourth-order valence-electron chi connectivity index (χ4n) is 1.04. The monoisotopic (exact) mass is 237 g/mol. The van der Waals surface area contributed by atoms with Gasteiger partial charge in [0, 0.05) is 12.6 Å². The molecule has 0 aromatic heterocycles. The first-order valence-corrected chi connectivity index (χ1v) is 5.90. The van der Waals surface area contributed by atoms with E-state index < -0.39 is 5.60 Å². The maximum atomic E-state index is 11.3. The van der Waals surface area contributed by atoms with Crippen molar-refractivity contribution in [2.75, 3.05) is 6.54 Å². The second-order valence-corrected chi connectivity index (χ2v) is 4.46. The summed E-state index contributed by atoms with van der Waals surface area (Å²) in [5.74, 6) is -0.190. The number of unbranched alkanes of at least 4 members (excludes halogenated alkanes) is 1. The lowest BCUT2D eigenvalue weighted by Gasteiger charge is -2.16. The van der Waals surface area contributed by atoms with Gasteiger partial charge < -0.3 is 10.4 Å². The maximum Gasteiger partial charge on any atom is 0.244 e. The van der Waals surface area contributed by atoms with Gasteiger partial charge in [0.15, 0.2) is 0 Å². The molecule has 0 aliphatic rings. The third-order valence-electron chi connectivity index (χ3n) is 1.93. The third-order valence-corrected chi connectivity index (χ3v) is 1.93. The molecule has 0 unspecified atom stereocenters. The zero-order valence-electron chi connectivity index (χ0n) is 10.9. The lowest BCUT2D eigenvalue weighted by Crippen LogP contribution is -2.37. The van der Waals surface area contributed by atoms with Gasteiger partial charge in [0.05, 0.1) is 5.60 Å². The number of amides is 1. The van der Waals surface area contributed by atoms with Crippen LogP contribution in [0.3, 0.4) is 0 Å². The molecule has 17 heavy (non-hydrogen) atoms. The van der Waals surface area contributed by atoms with E-state index in [4.69, 9.17) is 0 Å². The van der Waals surface area contributed by atoms with E-state index in [-0.39, 0.29) is 12.5 Å². The molecule has 0 aliphatic carbocycles.